The molecule has 0 bridgehead atoms. The van der Waals surface area contributed by atoms with Gasteiger partial charge >= 0.3 is 0 Å². The first kappa shape index (κ1) is 17.5. The van der Waals surface area contributed by atoms with Crippen LogP contribution in [-0.2, 0) is 13.0 Å². The standard InChI is InChI=1S/C18H25N3OS/c1-4-19-18(20-10-9-16-6-5-11-22-16)21-13-15-8-7-14(2)12-17(15)23-3/h5-8,11-12H,4,9-10,13H2,1-3H3,(H2,19,20,21). The Kier molecular flexibility index (Phi) is 7.07. The molecule has 124 valence electrons. The van der Waals surface area contributed by atoms with E-state index in [2.05, 4.69) is 48.9 Å². The van der Waals surface area contributed by atoms with E-state index >= 15 is 0 Å². The van der Waals surface area contributed by atoms with Crippen LogP contribution in [0.1, 0.15) is 23.8 Å². The van der Waals surface area contributed by atoms with Crippen molar-refractivity contribution >= 4 is 17.7 Å². The van der Waals surface area contributed by atoms with Crippen molar-refractivity contribution < 1.29 is 4.42 Å². The van der Waals surface area contributed by atoms with Crippen LogP contribution in [0.3, 0.4) is 0 Å². The Labute approximate surface area is 142 Å². The van der Waals surface area contributed by atoms with Crippen LogP contribution in [0.4, 0.5) is 0 Å². The van der Waals surface area contributed by atoms with E-state index < -0.39 is 0 Å². The zero-order valence-electron chi connectivity index (χ0n) is 14.1. The lowest BCUT2D eigenvalue weighted by molar-refractivity contribution is 0.507. The van der Waals surface area contributed by atoms with Crippen molar-refractivity contribution in [2.45, 2.75) is 31.7 Å². The van der Waals surface area contributed by atoms with Crippen LogP contribution in [0.5, 0.6) is 0 Å². The average molecular weight is 331 g/mol. The fraction of sp³-hybridized carbons (Fsp3) is 0.389. The fourth-order valence-electron chi connectivity index (χ4n) is 2.25. The topological polar surface area (TPSA) is 49.6 Å². The maximum absolute atomic E-state index is 5.34. The second-order valence-corrected chi connectivity index (χ2v) is 6.11. The molecule has 0 saturated heterocycles. The van der Waals surface area contributed by atoms with Gasteiger partial charge in [-0.2, -0.15) is 0 Å². The number of benzene rings is 1. The summed E-state index contributed by atoms with van der Waals surface area (Å²) in [4.78, 5) is 5.98. The lowest BCUT2D eigenvalue weighted by atomic mass is 10.1. The molecule has 0 aliphatic carbocycles. The summed E-state index contributed by atoms with van der Waals surface area (Å²) in [6.45, 7) is 6.50. The number of nitrogens with one attached hydrogen (secondary N) is 2. The van der Waals surface area contributed by atoms with E-state index in [1.165, 1.54) is 16.0 Å². The molecule has 23 heavy (non-hydrogen) atoms. The molecule has 2 N–H and O–H groups in total. The largest absolute Gasteiger partial charge is 0.469 e. The lowest BCUT2D eigenvalue weighted by Gasteiger charge is -2.12. The molecule has 1 aromatic carbocycles. The van der Waals surface area contributed by atoms with Crippen LogP contribution in [0.25, 0.3) is 0 Å². The van der Waals surface area contributed by atoms with Gasteiger partial charge in [-0.15, -0.1) is 11.8 Å². The van der Waals surface area contributed by atoms with E-state index in [0.717, 1.165) is 31.2 Å². The van der Waals surface area contributed by atoms with E-state index in [4.69, 9.17) is 9.41 Å². The Morgan fingerprint density at radius 2 is 2.13 bits per heavy atom. The third-order valence-electron chi connectivity index (χ3n) is 3.44. The van der Waals surface area contributed by atoms with Gasteiger partial charge in [-0.05, 0) is 49.4 Å². The Bertz CT molecular complexity index is 623. The summed E-state index contributed by atoms with van der Waals surface area (Å²) in [5.74, 6) is 1.82. The maximum Gasteiger partial charge on any atom is 0.191 e. The van der Waals surface area contributed by atoms with Gasteiger partial charge < -0.3 is 15.1 Å². The van der Waals surface area contributed by atoms with Crippen molar-refractivity contribution in [1.29, 1.82) is 0 Å². The zero-order chi connectivity index (χ0) is 16.5. The molecule has 0 spiro atoms. The summed E-state index contributed by atoms with van der Waals surface area (Å²) in [7, 11) is 0. The molecule has 0 radical (unpaired) electrons. The number of aliphatic imine (C=N–C) groups is 1. The molecule has 1 aromatic heterocycles. The van der Waals surface area contributed by atoms with Crippen molar-refractivity contribution in [3.63, 3.8) is 0 Å². The molecule has 5 heteroatoms. The molecule has 0 aliphatic heterocycles. The summed E-state index contributed by atoms with van der Waals surface area (Å²) < 4.78 is 5.34. The third kappa shape index (κ3) is 5.67. The van der Waals surface area contributed by atoms with E-state index in [-0.39, 0.29) is 0 Å². The minimum atomic E-state index is 0.673. The minimum Gasteiger partial charge on any atom is -0.469 e. The molecule has 0 aliphatic rings. The molecule has 0 atom stereocenters. The molecule has 0 fully saturated rings. The highest BCUT2D eigenvalue weighted by atomic mass is 32.2. The van der Waals surface area contributed by atoms with Crippen LogP contribution in [-0.4, -0.2) is 25.3 Å². The van der Waals surface area contributed by atoms with Gasteiger partial charge in [-0.25, -0.2) is 4.99 Å². The Morgan fingerprint density at radius 1 is 1.26 bits per heavy atom. The van der Waals surface area contributed by atoms with Crippen LogP contribution in [0.2, 0.25) is 0 Å². The Hall–Kier alpha value is -1.88. The van der Waals surface area contributed by atoms with Crippen molar-refractivity contribution in [1.82, 2.24) is 10.6 Å². The molecular weight excluding hydrogens is 306 g/mol. The SMILES string of the molecule is CCNC(=NCc1ccc(C)cc1SC)NCCc1ccco1. The predicted octanol–water partition coefficient (Wildman–Crippen LogP) is 3.61. The molecule has 0 saturated carbocycles. The maximum atomic E-state index is 5.34. The first-order valence-electron chi connectivity index (χ1n) is 7.91. The lowest BCUT2D eigenvalue weighted by Crippen LogP contribution is -2.38. The highest BCUT2D eigenvalue weighted by Crippen LogP contribution is 2.22. The van der Waals surface area contributed by atoms with Gasteiger partial charge in [0.15, 0.2) is 5.96 Å². The first-order chi connectivity index (χ1) is 11.2. The number of furan rings is 1. The molecule has 2 aromatic rings. The number of guanidine groups is 1. The summed E-state index contributed by atoms with van der Waals surface area (Å²) in [6, 6.07) is 10.4. The molecule has 0 amide bonds. The van der Waals surface area contributed by atoms with Crippen LogP contribution in [0, 0.1) is 6.92 Å². The van der Waals surface area contributed by atoms with Gasteiger partial charge in [0.2, 0.25) is 0 Å². The van der Waals surface area contributed by atoms with Gasteiger partial charge in [-0.1, -0.05) is 12.1 Å². The van der Waals surface area contributed by atoms with Gasteiger partial charge in [0.1, 0.15) is 5.76 Å². The molecular formula is C18H25N3OS. The van der Waals surface area contributed by atoms with E-state index in [1.54, 1.807) is 18.0 Å². The number of nitrogens with zero attached hydrogens (tertiary/aromatic N) is 1. The Balaban J connectivity index is 1.95. The van der Waals surface area contributed by atoms with E-state index in [1.807, 2.05) is 12.1 Å². The van der Waals surface area contributed by atoms with E-state index in [0.29, 0.717) is 6.54 Å². The van der Waals surface area contributed by atoms with Crippen molar-refractivity contribution in [3.05, 3.63) is 53.5 Å². The smallest absolute Gasteiger partial charge is 0.191 e. The van der Waals surface area contributed by atoms with E-state index in [9.17, 15) is 0 Å². The summed E-state index contributed by atoms with van der Waals surface area (Å²) in [5, 5.41) is 6.63. The third-order valence-corrected chi connectivity index (χ3v) is 4.26. The minimum absolute atomic E-state index is 0.673. The quantitative estimate of drug-likeness (QED) is 0.462. The second-order valence-electron chi connectivity index (χ2n) is 5.27. The molecule has 1 heterocycles. The van der Waals surface area contributed by atoms with Gasteiger partial charge in [0.05, 0.1) is 12.8 Å². The molecule has 0 unspecified atom stereocenters. The fourth-order valence-corrected chi connectivity index (χ4v) is 2.95. The number of rotatable bonds is 7. The van der Waals surface area contributed by atoms with Gasteiger partial charge in [0, 0.05) is 24.4 Å². The number of thioether (sulfide) groups is 1. The highest BCUT2D eigenvalue weighted by Gasteiger charge is 2.03. The van der Waals surface area contributed by atoms with Crippen LogP contribution in [0.15, 0.2) is 50.9 Å². The monoisotopic (exact) mass is 331 g/mol. The zero-order valence-corrected chi connectivity index (χ0v) is 14.9. The average Bonchev–Trinajstić information content (AvgIpc) is 3.06. The van der Waals surface area contributed by atoms with Crippen molar-refractivity contribution in [3.8, 4) is 0 Å². The highest BCUT2D eigenvalue weighted by molar-refractivity contribution is 7.98. The molecule has 4 nitrogen and oxygen atoms in total. The first-order valence-corrected chi connectivity index (χ1v) is 9.13. The normalized spacial score (nSPS) is 11.5. The number of aryl methyl sites for hydroxylation is 1. The number of hydrogen-bond donors (Lipinski definition) is 2. The Morgan fingerprint density at radius 3 is 2.83 bits per heavy atom. The summed E-state index contributed by atoms with van der Waals surface area (Å²) in [5.41, 5.74) is 2.54. The second kappa shape index (κ2) is 9.30. The predicted molar refractivity (Wildman–Crippen MR) is 98.2 cm³/mol. The van der Waals surface area contributed by atoms with Crippen LogP contribution >= 0.6 is 11.8 Å². The molecule has 2 rings (SSSR count). The van der Waals surface area contributed by atoms with Crippen LogP contribution < -0.4 is 10.6 Å². The van der Waals surface area contributed by atoms with Crippen molar-refractivity contribution in [2.24, 2.45) is 4.99 Å². The van der Waals surface area contributed by atoms with Gasteiger partial charge in [0.25, 0.3) is 0 Å². The van der Waals surface area contributed by atoms with Gasteiger partial charge in [-0.3, -0.25) is 0 Å². The van der Waals surface area contributed by atoms with Crippen molar-refractivity contribution in [2.75, 3.05) is 19.3 Å². The summed E-state index contributed by atoms with van der Waals surface area (Å²) >= 11 is 1.77. The summed E-state index contributed by atoms with van der Waals surface area (Å²) in [6.07, 6.45) is 4.66. The number of hydrogen-bond acceptors (Lipinski definition) is 3.